The molecule has 110 valence electrons. The molecule has 0 aliphatic carbocycles. The van der Waals surface area contributed by atoms with Gasteiger partial charge in [-0.1, -0.05) is 36.4 Å². The van der Waals surface area contributed by atoms with Crippen molar-refractivity contribution in [1.29, 1.82) is 0 Å². The Bertz CT molecular complexity index is 927. The standard InChI is InChI=1S/C17H13NO4/c1-22-13-9-5-3-7-11(13)14-15(17(20)21)10-6-2-4-8-12(10)18-16(14)19/h2-9H,1H3,(H,18,19)(H,20,21). The summed E-state index contributed by atoms with van der Waals surface area (Å²) in [6.07, 6.45) is 0. The lowest BCUT2D eigenvalue weighted by Gasteiger charge is -2.12. The van der Waals surface area contributed by atoms with Gasteiger partial charge in [-0.25, -0.2) is 4.79 Å². The Morgan fingerprint density at radius 3 is 2.50 bits per heavy atom. The number of pyridine rings is 1. The van der Waals surface area contributed by atoms with E-state index in [2.05, 4.69) is 4.98 Å². The number of aromatic carboxylic acids is 1. The minimum absolute atomic E-state index is 0.0242. The number of nitrogens with one attached hydrogen (secondary N) is 1. The van der Waals surface area contributed by atoms with Crippen LogP contribution < -0.4 is 10.3 Å². The largest absolute Gasteiger partial charge is 0.496 e. The summed E-state index contributed by atoms with van der Waals surface area (Å²) in [5, 5.41) is 10.1. The van der Waals surface area contributed by atoms with E-state index in [0.29, 0.717) is 22.2 Å². The number of rotatable bonds is 3. The van der Waals surface area contributed by atoms with E-state index in [0.717, 1.165) is 0 Å². The molecule has 3 rings (SSSR count). The number of H-pyrrole nitrogens is 1. The topological polar surface area (TPSA) is 79.4 Å². The summed E-state index contributed by atoms with van der Waals surface area (Å²) in [6, 6.07) is 13.7. The van der Waals surface area contributed by atoms with Gasteiger partial charge >= 0.3 is 5.97 Å². The van der Waals surface area contributed by atoms with Crippen LogP contribution in [0.25, 0.3) is 22.0 Å². The number of fused-ring (bicyclic) bond motifs is 1. The SMILES string of the molecule is COc1ccccc1-c1c(C(=O)O)c2ccccc2[nH]c1=O. The monoisotopic (exact) mass is 295 g/mol. The third-order valence-electron chi connectivity index (χ3n) is 3.51. The van der Waals surface area contributed by atoms with Crippen LogP contribution in [0.5, 0.6) is 5.75 Å². The molecule has 0 bridgehead atoms. The fraction of sp³-hybridized carbons (Fsp3) is 0.0588. The highest BCUT2D eigenvalue weighted by Crippen LogP contribution is 2.32. The van der Waals surface area contributed by atoms with Crippen molar-refractivity contribution >= 4 is 16.9 Å². The van der Waals surface area contributed by atoms with Gasteiger partial charge in [0.05, 0.1) is 18.2 Å². The first-order chi connectivity index (χ1) is 10.6. The molecule has 0 radical (unpaired) electrons. The molecular formula is C17H13NO4. The lowest BCUT2D eigenvalue weighted by atomic mass is 9.97. The van der Waals surface area contributed by atoms with Gasteiger partial charge in [-0.05, 0) is 12.1 Å². The molecule has 0 spiro atoms. The van der Waals surface area contributed by atoms with E-state index >= 15 is 0 Å². The number of aromatic amines is 1. The van der Waals surface area contributed by atoms with E-state index in [9.17, 15) is 14.7 Å². The fourth-order valence-corrected chi connectivity index (χ4v) is 2.57. The maximum absolute atomic E-state index is 12.5. The zero-order chi connectivity index (χ0) is 15.7. The van der Waals surface area contributed by atoms with Crippen LogP contribution in [0.15, 0.2) is 53.3 Å². The van der Waals surface area contributed by atoms with Crippen LogP contribution in [-0.4, -0.2) is 23.2 Å². The van der Waals surface area contributed by atoms with Crippen LogP contribution in [0.4, 0.5) is 0 Å². The van der Waals surface area contributed by atoms with Crippen molar-refractivity contribution in [2.45, 2.75) is 0 Å². The Hall–Kier alpha value is -3.08. The van der Waals surface area contributed by atoms with Crippen molar-refractivity contribution in [2.75, 3.05) is 7.11 Å². The molecule has 1 aromatic heterocycles. The summed E-state index contributed by atoms with van der Waals surface area (Å²) < 4.78 is 5.26. The lowest BCUT2D eigenvalue weighted by molar-refractivity contribution is 0.0699. The molecule has 0 saturated carbocycles. The lowest BCUT2D eigenvalue weighted by Crippen LogP contribution is -2.16. The Kier molecular flexibility index (Phi) is 3.39. The zero-order valence-corrected chi connectivity index (χ0v) is 11.8. The second-order valence-electron chi connectivity index (χ2n) is 4.76. The first-order valence-electron chi connectivity index (χ1n) is 6.65. The van der Waals surface area contributed by atoms with E-state index in [1.807, 2.05) is 0 Å². The van der Waals surface area contributed by atoms with Crippen molar-refractivity contribution in [2.24, 2.45) is 0 Å². The van der Waals surface area contributed by atoms with Crippen molar-refractivity contribution in [3.63, 3.8) is 0 Å². The average Bonchev–Trinajstić information content (AvgIpc) is 2.53. The molecule has 0 amide bonds. The number of carboxylic acid groups (broad SMARTS) is 1. The van der Waals surface area contributed by atoms with Gasteiger partial charge < -0.3 is 14.8 Å². The predicted molar refractivity (Wildman–Crippen MR) is 83.5 cm³/mol. The molecule has 5 nitrogen and oxygen atoms in total. The van der Waals surface area contributed by atoms with E-state index in [-0.39, 0.29) is 11.1 Å². The number of hydrogen-bond donors (Lipinski definition) is 2. The van der Waals surface area contributed by atoms with E-state index in [1.54, 1.807) is 48.5 Å². The smallest absolute Gasteiger partial charge is 0.337 e. The molecule has 0 aliphatic heterocycles. The Morgan fingerprint density at radius 1 is 1.09 bits per heavy atom. The Labute approximate surface area is 125 Å². The van der Waals surface area contributed by atoms with Gasteiger partial charge in [-0.2, -0.15) is 0 Å². The molecule has 0 saturated heterocycles. The summed E-state index contributed by atoms with van der Waals surface area (Å²) >= 11 is 0. The number of hydrogen-bond acceptors (Lipinski definition) is 3. The van der Waals surface area contributed by atoms with Gasteiger partial charge in [0.2, 0.25) is 0 Å². The third kappa shape index (κ3) is 2.13. The predicted octanol–water partition coefficient (Wildman–Crippen LogP) is 2.90. The average molecular weight is 295 g/mol. The Morgan fingerprint density at radius 2 is 1.77 bits per heavy atom. The normalized spacial score (nSPS) is 10.6. The number of methoxy groups -OCH3 is 1. The van der Waals surface area contributed by atoms with E-state index in [1.165, 1.54) is 7.11 Å². The molecule has 0 aliphatic rings. The maximum atomic E-state index is 12.5. The van der Waals surface area contributed by atoms with E-state index < -0.39 is 11.5 Å². The van der Waals surface area contributed by atoms with Crippen molar-refractivity contribution in [3.05, 3.63) is 64.4 Å². The van der Waals surface area contributed by atoms with Crippen LogP contribution in [0, 0.1) is 0 Å². The second-order valence-corrected chi connectivity index (χ2v) is 4.76. The number of carbonyl (C=O) groups is 1. The summed E-state index contributed by atoms with van der Waals surface area (Å²) in [7, 11) is 1.48. The van der Waals surface area contributed by atoms with Gasteiger partial charge in [-0.3, -0.25) is 4.79 Å². The van der Waals surface area contributed by atoms with Gasteiger partial charge in [0.1, 0.15) is 5.75 Å². The van der Waals surface area contributed by atoms with Gasteiger partial charge in [0, 0.05) is 16.5 Å². The minimum Gasteiger partial charge on any atom is -0.496 e. The first kappa shape index (κ1) is 13.9. The fourth-order valence-electron chi connectivity index (χ4n) is 2.57. The first-order valence-corrected chi connectivity index (χ1v) is 6.65. The molecule has 0 unspecified atom stereocenters. The maximum Gasteiger partial charge on any atom is 0.337 e. The van der Waals surface area contributed by atoms with Crippen LogP contribution in [0.2, 0.25) is 0 Å². The number of para-hydroxylation sites is 2. The number of aromatic nitrogens is 1. The number of carboxylic acids is 1. The third-order valence-corrected chi connectivity index (χ3v) is 3.51. The highest BCUT2D eigenvalue weighted by molar-refractivity contribution is 6.08. The Balaban J connectivity index is 2.48. The molecule has 2 N–H and O–H groups in total. The number of ether oxygens (including phenoxy) is 1. The molecule has 0 atom stereocenters. The second kappa shape index (κ2) is 5.37. The van der Waals surface area contributed by atoms with Gasteiger partial charge in [-0.15, -0.1) is 0 Å². The minimum atomic E-state index is -1.15. The van der Waals surface area contributed by atoms with Crippen LogP contribution in [0.1, 0.15) is 10.4 Å². The molecular weight excluding hydrogens is 282 g/mol. The highest BCUT2D eigenvalue weighted by Gasteiger charge is 2.21. The van der Waals surface area contributed by atoms with Crippen LogP contribution in [0.3, 0.4) is 0 Å². The molecule has 22 heavy (non-hydrogen) atoms. The zero-order valence-electron chi connectivity index (χ0n) is 11.8. The quantitative estimate of drug-likeness (QED) is 0.778. The van der Waals surface area contributed by atoms with Crippen LogP contribution in [-0.2, 0) is 0 Å². The van der Waals surface area contributed by atoms with Crippen LogP contribution >= 0.6 is 0 Å². The summed E-state index contributed by atoms with van der Waals surface area (Å²) in [5.74, 6) is -0.700. The highest BCUT2D eigenvalue weighted by atomic mass is 16.5. The molecule has 3 aromatic rings. The molecule has 1 heterocycles. The summed E-state index contributed by atoms with van der Waals surface area (Å²) in [4.78, 5) is 26.9. The van der Waals surface area contributed by atoms with Crippen molar-refractivity contribution in [3.8, 4) is 16.9 Å². The van der Waals surface area contributed by atoms with E-state index in [4.69, 9.17) is 4.74 Å². The molecule has 0 fully saturated rings. The molecule has 2 aromatic carbocycles. The van der Waals surface area contributed by atoms with Gasteiger partial charge in [0.15, 0.2) is 0 Å². The summed E-state index contributed by atoms with van der Waals surface area (Å²) in [5.41, 5.74) is 0.561. The summed E-state index contributed by atoms with van der Waals surface area (Å²) in [6.45, 7) is 0. The van der Waals surface area contributed by atoms with Crippen molar-refractivity contribution < 1.29 is 14.6 Å². The van der Waals surface area contributed by atoms with Gasteiger partial charge in [0.25, 0.3) is 5.56 Å². The number of benzene rings is 2. The van der Waals surface area contributed by atoms with Crippen molar-refractivity contribution in [1.82, 2.24) is 4.98 Å². The molecule has 5 heteroatoms.